The van der Waals surface area contributed by atoms with Gasteiger partial charge in [0.25, 0.3) is 0 Å². The molecule has 6 nitrogen and oxygen atoms in total. The van der Waals surface area contributed by atoms with Gasteiger partial charge in [-0.05, 0) is 33.1 Å². The number of aryl methyl sites for hydroxylation is 1. The Bertz CT molecular complexity index is 461. The van der Waals surface area contributed by atoms with Crippen LogP contribution >= 0.6 is 24.0 Å². The third-order valence-corrected chi connectivity index (χ3v) is 3.26. The van der Waals surface area contributed by atoms with Gasteiger partial charge in [-0.1, -0.05) is 17.7 Å². The highest BCUT2D eigenvalue weighted by Gasteiger charge is 2.06. The van der Waals surface area contributed by atoms with Crippen molar-refractivity contribution in [1.82, 2.24) is 20.4 Å². The highest BCUT2D eigenvalue weighted by Crippen LogP contribution is 2.02. The summed E-state index contributed by atoms with van der Waals surface area (Å²) in [6.07, 6.45) is 7.34. The lowest BCUT2D eigenvalue weighted by Crippen LogP contribution is -2.39. The summed E-state index contributed by atoms with van der Waals surface area (Å²) in [6.45, 7) is 10.2. The van der Waals surface area contributed by atoms with Crippen molar-refractivity contribution in [1.29, 1.82) is 0 Å². The lowest BCUT2D eigenvalue weighted by atomic mass is 10.2. The zero-order chi connectivity index (χ0) is 16.2. The minimum Gasteiger partial charge on any atom is -0.357 e. The van der Waals surface area contributed by atoms with E-state index in [4.69, 9.17) is 4.52 Å². The summed E-state index contributed by atoms with van der Waals surface area (Å²) < 4.78 is 5.10. The van der Waals surface area contributed by atoms with E-state index in [1.165, 1.54) is 12.8 Å². The van der Waals surface area contributed by atoms with Gasteiger partial charge in [-0.25, -0.2) is 0 Å². The molecule has 1 N–H and O–H groups in total. The Balaban J connectivity index is 0.00000484. The quantitative estimate of drug-likeness (QED) is 0.201. The lowest BCUT2D eigenvalue weighted by molar-refractivity contribution is 0.375. The maximum Gasteiger partial charge on any atom is 0.228 e. The van der Waals surface area contributed by atoms with Gasteiger partial charge in [0.2, 0.25) is 5.89 Å². The number of guanidine groups is 1. The SMILES string of the molecule is C=CCCCCCN(C)C(=NCCc1nc(C)no1)NCC.I. The van der Waals surface area contributed by atoms with Crippen molar-refractivity contribution >= 4 is 29.9 Å². The minimum atomic E-state index is 0. The topological polar surface area (TPSA) is 66.5 Å². The van der Waals surface area contributed by atoms with Crippen molar-refractivity contribution in [3.8, 4) is 0 Å². The molecule has 1 rings (SSSR count). The molecule has 0 atom stereocenters. The van der Waals surface area contributed by atoms with Crippen LogP contribution in [0.3, 0.4) is 0 Å². The van der Waals surface area contributed by atoms with Gasteiger partial charge in [-0.2, -0.15) is 4.98 Å². The Morgan fingerprint density at radius 1 is 1.39 bits per heavy atom. The number of rotatable bonds is 10. The third-order valence-electron chi connectivity index (χ3n) is 3.26. The molecule has 0 aliphatic heterocycles. The van der Waals surface area contributed by atoms with Crippen LogP contribution < -0.4 is 5.32 Å². The van der Waals surface area contributed by atoms with Crippen LogP contribution in [0.4, 0.5) is 0 Å². The number of halogens is 1. The predicted octanol–water partition coefficient (Wildman–Crippen LogP) is 3.18. The van der Waals surface area contributed by atoms with E-state index in [2.05, 4.69) is 45.9 Å². The zero-order valence-corrected chi connectivity index (χ0v) is 16.9. The van der Waals surface area contributed by atoms with Gasteiger partial charge >= 0.3 is 0 Å². The molecule has 23 heavy (non-hydrogen) atoms. The molecular formula is C16H30IN5O. The smallest absolute Gasteiger partial charge is 0.228 e. The van der Waals surface area contributed by atoms with E-state index < -0.39 is 0 Å². The molecule has 1 heterocycles. The number of hydrogen-bond acceptors (Lipinski definition) is 4. The molecule has 0 fully saturated rings. The molecule has 0 bridgehead atoms. The van der Waals surface area contributed by atoms with Crippen molar-refractivity contribution < 1.29 is 4.52 Å². The highest BCUT2D eigenvalue weighted by molar-refractivity contribution is 14.0. The van der Waals surface area contributed by atoms with Gasteiger partial charge in [0.15, 0.2) is 11.8 Å². The van der Waals surface area contributed by atoms with Crippen LogP contribution in [0.2, 0.25) is 0 Å². The van der Waals surface area contributed by atoms with Gasteiger partial charge in [0.1, 0.15) is 0 Å². The first-order chi connectivity index (χ1) is 10.7. The third kappa shape index (κ3) is 9.58. The Morgan fingerprint density at radius 3 is 2.78 bits per heavy atom. The van der Waals surface area contributed by atoms with E-state index in [-0.39, 0.29) is 24.0 Å². The first kappa shape index (κ1) is 21.9. The second-order valence-corrected chi connectivity index (χ2v) is 5.28. The molecule has 0 spiro atoms. The van der Waals surface area contributed by atoms with Crippen LogP contribution in [0.5, 0.6) is 0 Å². The number of hydrogen-bond donors (Lipinski definition) is 1. The molecule has 7 heteroatoms. The Morgan fingerprint density at radius 2 is 2.17 bits per heavy atom. The molecule has 0 unspecified atom stereocenters. The number of nitrogens with zero attached hydrogens (tertiary/aromatic N) is 4. The summed E-state index contributed by atoms with van der Waals surface area (Å²) in [5, 5.41) is 7.10. The summed E-state index contributed by atoms with van der Waals surface area (Å²) in [5.74, 6) is 2.24. The van der Waals surface area contributed by atoms with Crippen molar-refractivity contribution in [2.24, 2.45) is 4.99 Å². The zero-order valence-electron chi connectivity index (χ0n) is 14.5. The van der Waals surface area contributed by atoms with E-state index in [1.54, 1.807) is 0 Å². The molecule has 1 aromatic heterocycles. The predicted molar refractivity (Wildman–Crippen MR) is 105 cm³/mol. The van der Waals surface area contributed by atoms with Gasteiger partial charge in [-0.15, -0.1) is 30.6 Å². The van der Waals surface area contributed by atoms with Crippen molar-refractivity contribution in [2.75, 3.05) is 26.7 Å². The molecule has 1 aromatic rings. The number of aromatic nitrogens is 2. The molecule has 0 amide bonds. The van der Waals surface area contributed by atoms with Crippen molar-refractivity contribution in [3.05, 3.63) is 24.4 Å². The monoisotopic (exact) mass is 435 g/mol. The largest absolute Gasteiger partial charge is 0.357 e. The summed E-state index contributed by atoms with van der Waals surface area (Å²) in [7, 11) is 2.08. The molecule has 0 radical (unpaired) electrons. The fraction of sp³-hybridized carbons (Fsp3) is 0.688. The van der Waals surface area contributed by atoms with E-state index in [1.807, 2.05) is 13.0 Å². The van der Waals surface area contributed by atoms with Crippen molar-refractivity contribution in [2.45, 2.75) is 46.0 Å². The van der Waals surface area contributed by atoms with E-state index >= 15 is 0 Å². The average molecular weight is 435 g/mol. The standard InChI is InChI=1S/C16H29N5O.HI/c1-5-7-8-9-10-13-21(4)16(17-6-2)18-12-11-15-19-14(3)20-22-15;/h5H,1,6-13H2,2-4H3,(H,17,18);1H. The first-order valence-corrected chi connectivity index (χ1v) is 8.07. The summed E-state index contributed by atoms with van der Waals surface area (Å²) in [4.78, 5) is 11.0. The normalized spacial score (nSPS) is 11.0. The van der Waals surface area contributed by atoms with Crippen molar-refractivity contribution in [3.63, 3.8) is 0 Å². The van der Waals surface area contributed by atoms with E-state index in [0.29, 0.717) is 24.7 Å². The Kier molecular flexibility index (Phi) is 12.7. The fourth-order valence-corrected chi connectivity index (χ4v) is 2.09. The van der Waals surface area contributed by atoms with Crippen LogP contribution in [0, 0.1) is 6.92 Å². The van der Waals surface area contributed by atoms with Gasteiger partial charge < -0.3 is 14.7 Å². The molecule has 0 saturated carbocycles. The average Bonchev–Trinajstić information content (AvgIpc) is 2.91. The molecular weight excluding hydrogens is 405 g/mol. The summed E-state index contributed by atoms with van der Waals surface area (Å²) >= 11 is 0. The van der Waals surface area contributed by atoms with Crippen LogP contribution in [-0.4, -0.2) is 47.7 Å². The lowest BCUT2D eigenvalue weighted by Gasteiger charge is -2.21. The number of allylic oxidation sites excluding steroid dienone is 1. The summed E-state index contributed by atoms with van der Waals surface area (Å²) in [5.41, 5.74) is 0. The maximum atomic E-state index is 5.10. The summed E-state index contributed by atoms with van der Waals surface area (Å²) in [6, 6.07) is 0. The Labute approximate surface area is 156 Å². The second kappa shape index (κ2) is 13.3. The highest BCUT2D eigenvalue weighted by atomic mass is 127. The minimum absolute atomic E-state index is 0. The maximum absolute atomic E-state index is 5.10. The molecule has 0 aliphatic rings. The van der Waals surface area contributed by atoms with E-state index in [0.717, 1.165) is 31.9 Å². The van der Waals surface area contributed by atoms with Crippen LogP contribution in [0.15, 0.2) is 22.2 Å². The van der Waals surface area contributed by atoms with Gasteiger partial charge in [0, 0.05) is 26.6 Å². The Hall–Kier alpha value is -1.12. The van der Waals surface area contributed by atoms with Crippen LogP contribution in [0.1, 0.15) is 44.3 Å². The molecule has 132 valence electrons. The second-order valence-electron chi connectivity index (χ2n) is 5.28. The number of unbranched alkanes of at least 4 members (excludes halogenated alkanes) is 3. The van der Waals surface area contributed by atoms with Crippen LogP contribution in [0.25, 0.3) is 0 Å². The first-order valence-electron chi connectivity index (χ1n) is 8.07. The molecule has 0 aromatic carbocycles. The van der Waals surface area contributed by atoms with Crippen LogP contribution in [-0.2, 0) is 6.42 Å². The van der Waals surface area contributed by atoms with E-state index in [9.17, 15) is 0 Å². The molecule has 0 aliphatic carbocycles. The molecule has 0 saturated heterocycles. The fourth-order valence-electron chi connectivity index (χ4n) is 2.09. The van der Waals surface area contributed by atoms with Gasteiger partial charge in [-0.3, -0.25) is 4.99 Å². The van der Waals surface area contributed by atoms with Gasteiger partial charge in [0.05, 0.1) is 6.54 Å². The number of nitrogens with one attached hydrogen (secondary N) is 1. The number of aliphatic imine (C=N–C) groups is 1.